The van der Waals surface area contributed by atoms with Gasteiger partial charge in [-0.2, -0.15) is 0 Å². The molecular formula is C20H16F2N2O4. The van der Waals surface area contributed by atoms with Gasteiger partial charge in [0.15, 0.2) is 6.61 Å². The van der Waals surface area contributed by atoms with Gasteiger partial charge in [-0.15, -0.1) is 0 Å². The highest BCUT2D eigenvalue weighted by Gasteiger charge is 2.17. The minimum absolute atomic E-state index is 0.0322. The SMILES string of the molecule is C[C@@H](NC(=O)COC(=O)c1cc(=O)[nH]c2ccccc12)c1ccc(F)cc1F. The molecule has 144 valence electrons. The van der Waals surface area contributed by atoms with Gasteiger partial charge in [-0.1, -0.05) is 24.3 Å². The zero-order valence-electron chi connectivity index (χ0n) is 14.8. The molecule has 0 radical (unpaired) electrons. The van der Waals surface area contributed by atoms with Crippen LogP contribution in [0.15, 0.2) is 53.3 Å². The Morgan fingerprint density at radius 1 is 1.14 bits per heavy atom. The van der Waals surface area contributed by atoms with Gasteiger partial charge in [0, 0.05) is 28.6 Å². The fraction of sp³-hybridized carbons (Fsp3) is 0.150. The van der Waals surface area contributed by atoms with E-state index in [0.29, 0.717) is 10.9 Å². The Labute approximate surface area is 158 Å². The molecular weight excluding hydrogens is 370 g/mol. The van der Waals surface area contributed by atoms with Crippen LogP contribution in [0.3, 0.4) is 0 Å². The number of benzene rings is 2. The van der Waals surface area contributed by atoms with E-state index in [-0.39, 0.29) is 11.1 Å². The number of hydrogen-bond donors (Lipinski definition) is 2. The molecule has 0 saturated carbocycles. The summed E-state index contributed by atoms with van der Waals surface area (Å²) in [4.78, 5) is 38.6. The van der Waals surface area contributed by atoms with E-state index in [1.165, 1.54) is 13.0 Å². The number of para-hydroxylation sites is 1. The van der Waals surface area contributed by atoms with Crippen LogP contribution >= 0.6 is 0 Å². The first kappa shape index (κ1) is 19.2. The monoisotopic (exact) mass is 386 g/mol. The van der Waals surface area contributed by atoms with Crippen molar-refractivity contribution in [1.29, 1.82) is 0 Å². The lowest BCUT2D eigenvalue weighted by Gasteiger charge is -2.15. The van der Waals surface area contributed by atoms with Crippen molar-refractivity contribution in [2.24, 2.45) is 0 Å². The van der Waals surface area contributed by atoms with Gasteiger partial charge >= 0.3 is 5.97 Å². The molecule has 3 rings (SSSR count). The van der Waals surface area contributed by atoms with Gasteiger partial charge in [0.2, 0.25) is 5.56 Å². The molecule has 0 bridgehead atoms. The number of rotatable bonds is 5. The molecule has 0 aliphatic carbocycles. The Bertz CT molecular complexity index is 1110. The lowest BCUT2D eigenvalue weighted by Crippen LogP contribution is -2.31. The van der Waals surface area contributed by atoms with Gasteiger partial charge in [-0.25, -0.2) is 13.6 Å². The molecule has 2 N–H and O–H groups in total. The summed E-state index contributed by atoms with van der Waals surface area (Å²) in [5.74, 6) is -3.02. The quantitative estimate of drug-likeness (QED) is 0.660. The summed E-state index contributed by atoms with van der Waals surface area (Å²) < 4.78 is 31.7. The van der Waals surface area contributed by atoms with Crippen molar-refractivity contribution in [1.82, 2.24) is 10.3 Å². The number of H-pyrrole nitrogens is 1. The minimum atomic E-state index is -0.835. The van der Waals surface area contributed by atoms with Gasteiger partial charge < -0.3 is 15.0 Å². The number of aromatic nitrogens is 1. The zero-order valence-corrected chi connectivity index (χ0v) is 14.8. The third kappa shape index (κ3) is 4.22. The van der Waals surface area contributed by atoms with Gasteiger partial charge in [-0.3, -0.25) is 9.59 Å². The van der Waals surface area contributed by atoms with Crippen LogP contribution in [-0.2, 0) is 9.53 Å². The average molecular weight is 386 g/mol. The Morgan fingerprint density at radius 2 is 1.89 bits per heavy atom. The Hall–Kier alpha value is -3.55. The van der Waals surface area contributed by atoms with Crippen LogP contribution in [0.4, 0.5) is 8.78 Å². The number of carbonyl (C=O) groups is 2. The van der Waals surface area contributed by atoms with Crippen molar-refractivity contribution in [2.75, 3.05) is 6.61 Å². The van der Waals surface area contributed by atoms with E-state index < -0.39 is 41.7 Å². The smallest absolute Gasteiger partial charge is 0.339 e. The number of amides is 1. The third-order valence-corrected chi connectivity index (χ3v) is 4.11. The van der Waals surface area contributed by atoms with Crippen molar-refractivity contribution in [2.45, 2.75) is 13.0 Å². The molecule has 0 saturated heterocycles. The fourth-order valence-electron chi connectivity index (χ4n) is 2.80. The van der Waals surface area contributed by atoms with Crippen LogP contribution in [0.5, 0.6) is 0 Å². The standard InChI is InChI=1S/C20H16F2N2O4/c1-11(13-7-6-12(21)8-16(13)22)23-19(26)10-28-20(27)15-9-18(25)24-17-5-3-2-4-14(15)17/h2-9,11H,10H2,1H3,(H,23,26)(H,24,25)/t11-/m1/s1. The van der Waals surface area contributed by atoms with Crippen molar-refractivity contribution in [3.8, 4) is 0 Å². The number of nitrogens with one attached hydrogen (secondary N) is 2. The molecule has 1 heterocycles. The minimum Gasteiger partial charge on any atom is -0.452 e. The van der Waals surface area contributed by atoms with E-state index in [9.17, 15) is 23.2 Å². The Morgan fingerprint density at radius 3 is 2.64 bits per heavy atom. The summed E-state index contributed by atoms with van der Waals surface area (Å²) in [5.41, 5.74) is 0.119. The first-order valence-corrected chi connectivity index (χ1v) is 8.38. The molecule has 1 aromatic heterocycles. The van der Waals surface area contributed by atoms with Crippen molar-refractivity contribution in [3.05, 3.63) is 81.6 Å². The van der Waals surface area contributed by atoms with Gasteiger partial charge in [0.25, 0.3) is 5.91 Å². The van der Waals surface area contributed by atoms with E-state index >= 15 is 0 Å². The van der Waals surface area contributed by atoms with Gasteiger partial charge in [0.1, 0.15) is 11.6 Å². The first-order chi connectivity index (χ1) is 13.3. The zero-order chi connectivity index (χ0) is 20.3. The molecule has 0 fully saturated rings. The second-order valence-electron chi connectivity index (χ2n) is 6.12. The topological polar surface area (TPSA) is 88.3 Å². The molecule has 1 amide bonds. The van der Waals surface area contributed by atoms with Gasteiger partial charge in [-0.05, 0) is 19.1 Å². The number of aromatic amines is 1. The maximum atomic E-state index is 13.8. The van der Waals surface area contributed by atoms with Crippen LogP contribution < -0.4 is 10.9 Å². The summed E-state index contributed by atoms with van der Waals surface area (Å²) in [6, 6.07) is 10.0. The summed E-state index contributed by atoms with van der Waals surface area (Å²) >= 11 is 0. The number of carbonyl (C=O) groups excluding carboxylic acids is 2. The molecule has 28 heavy (non-hydrogen) atoms. The van der Waals surface area contributed by atoms with Crippen LogP contribution in [0.25, 0.3) is 10.9 Å². The average Bonchev–Trinajstić information content (AvgIpc) is 2.65. The molecule has 8 heteroatoms. The number of hydrogen-bond acceptors (Lipinski definition) is 4. The first-order valence-electron chi connectivity index (χ1n) is 8.38. The van der Waals surface area contributed by atoms with E-state index in [0.717, 1.165) is 18.2 Å². The number of halogens is 2. The number of fused-ring (bicyclic) bond motifs is 1. The molecule has 0 spiro atoms. The largest absolute Gasteiger partial charge is 0.452 e. The molecule has 6 nitrogen and oxygen atoms in total. The van der Waals surface area contributed by atoms with E-state index in [4.69, 9.17) is 4.74 Å². The van der Waals surface area contributed by atoms with Crippen molar-refractivity contribution >= 4 is 22.8 Å². The normalized spacial score (nSPS) is 11.8. The number of esters is 1. The molecule has 3 aromatic rings. The highest BCUT2D eigenvalue weighted by atomic mass is 19.1. The summed E-state index contributed by atoms with van der Waals surface area (Å²) in [7, 11) is 0. The van der Waals surface area contributed by atoms with Crippen LogP contribution in [0.1, 0.15) is 28.9 Å². The molecule has 1 atom stereocenters. The van der Waals surface area contributed by atoms with Crippen LogP contribution in [0.2, 0.25) is 0 Å². The van der Waals surface area contributed by atoms with Crippen molar-refractivity contribution < 1.29 is 23.1 Å². The van der Waals surface area contributed by atoms with Crippen LogP contribution in [0, 0.1) is 11.6 Å². The Balaban J connectivity index is 1.66. The third-order valence-electron chi connectivity index (χ3n) is 4.11. The van der Waals surface area contributed by atoms with E-state index in [1.54, 1.807) is 24.3 Å². The lowest BCUT2D eigenvalue weighted by molar-refractivity contribution is -0.124. The fourth-order valence-corrected chi connectivity index (χ4v) is 2.80. The van der Waals surface area contributed by atoms with Crippen LogP contribution in [-0.4, -0.2) is 23.5 Å². The highest BCUT2D eigenvalue weighted by molar-refractivity contribution is 6.03. The predicted molar refractivity (Wildman–Crippen MR) is 97.8 cm³/mol. The molecule has 2 aromatic carbocycles. The number of ether oxygens (including phenoxy) is 1. The van der Waals surface area contributed by atoms with Crippen molar-refractivity contribution in [3.63, 3.8) is 0 Å². The molecule has 0 aliphatic rings. The van der Waals surface area contributed by atoms with E-state index in [2.05, 4.69) is 10.3 Å². The predicted octanol–water partition coefficient (Wildman–Crippen LogP) is 2.84. The second kappa shape index (κ2) is 7.99. The molecule has 0 unspecified atom stereocenters. The summed E-state index contributed by atoms with van der Waals surface area (Å²) in [6.07, 6.45) is 0. The highest BCUT2D eigenvalue weighted by Crippen LogP contribution is 2.18. The summed E-state index contributed by atoms with van der Waals surface area (Å²) in [6.45, 7) is 0.896. The lowest BCUT2D eigenvalue weighted by atomic mass is 10.1. The second-order valence-corrected chi connectivity index (χ2v) is 6.12. The summed E-state index contributed by atoms with van der Waals surface area (Å²) in [5, 5.41) is 2.95. The number of pyridine rings is 1. The van der Waals surface area contributed by atoms with E-state index in [1.807, 2.05) is 0 Å². The van der Waals surface area contributed by atoms with Gasteiger partial charge in [0.05, 0.1) is 11.6 Å². The maximum Gasteiger partial charge on any atom is 0.339 e. The Kier molecular flexibility index (Phi) is 5.49. The maximum absolute atomic E-state index is 13.8. The molecule has 0 aliphatic heterocycles.